The lowest BCUT2D eigenvalue weighted by atomic mass is 10.3. The third kappa shape index (κ3) is 2.65. The first kappa shape index (κ1) is 12.1. The lowest BCUT2D eigenvalue weighted by Gasteiger charge is -2.16. The summed E-state index contributed by atoms with van der Waals surface area (Å²) in [5.74, 6) is -0.674. The summed E-state index contributed by atoms with van der Waals surface area (Å²) in [5, 5.41) is 8.95. The van der Waals surface area contributed by atoms with Gasteiger partial charge in [-0.25, -0.2) is 14.8 Å². The summed E-state index contributed by atoms with van der Waals surface area (Å²) < 4.78 is 4.98. The Hall–Kier alpha value is -2.37. The van der Waals surface area contributed by atoms with Crippen molar-refractivity contribution in [3.8, 4) is 0 Å². The summed E-state index contributed by atoms with van der Waals surface area (Å²) in [4.78, 5) is 20.9. The Morgan fingerprint density at radius 2 is 2.28 bits per heavy atom. The Kier molecular flexibility index (Phi) is 3.27. The highest BCUT2D eigenvalue weighted by Gasteiger charge is 2.12. The molecule has 6 nitrogen and oxygen atoms in total. The van der Waals surface area contributed by atoms with Crippen LogP contribution in [0.4, 0.5) is 5.95 Å². The number of carboxylic acids is 1. The zero-order valence-corrected chi connectivity index (χ0v) is 10.1. The number of furan rings is 1. The van der Waals surface area contributed by atoms with Crippen LogP contribution in [-0.4, -0.2) is 28.1 Å². The van der Waals surface area contributed by atoms with Crippen LogP contribution in [0.3, 0.4) is 0 Å². The van der Waals surface area contributed by atoms with E-state index in [1.807, 2.05) is 6.07 Å². The molecule has 0 spiro atoms. The maximum absolute atomic E-state index is 10.9. The van der Waals surface area contributed by atoms with Crippen molar-refractivity contribution in [1.29, 1.82) is 0 Å². The van der Waals surface area contributed by atoms with Gasteiger partial charge in [-0.1, -0.05) is 0 Å². The van der Waals surface area contributed by atoms with Crippen LogP contribution in [0.15, 0.2) is 29.1 Å². The van der Waals surface area contributed by atoms with E-state index in [2.05, 4.69) is 9.97 Å². The van der Waals surface area contributed by atoms with E-state index in [4.69, 9.17) is 9.52 Å². The highest BCUT2D eigenvalue weighted by Crippen LogP contribution is 2.12. The first-order valence-electron chi connectivity index (χ1n) is 5.37. The molecule has 6 heteroatoms. The van der Waals surface area contributed by atoms with Gasteiger partial charge in [-0.05, 0) is 19.1 Å². The highest BCUT2D eigenvalue weighted by molar-refractivity contribution is 5.85. The zero-order chi connectivity index (χ0) is 13.1. The van der Waals surface area contributed by atoms with Crippen LogP contribution in [0.1, 0.15) is 21.7 Å². The molecule has 94 valence electrons. The summed E-state index contributed by atoms with van der Waals surface area (Å²) in [5.41, 5.74) is 1.59. The number of hydrogen-bond donors (Lipinski definition) is 1. The van der Waals surface area contributed by atoms with Crippen LogP contribution in [0.25, 0.3) is 0 Å². The third-order valence-electron chi connectivity index (χ3n) is 2.40. The molecule has 0 bridgehead atoms. The minimum atomic E-state index is -1.06. The van der Waals surface area contributed by atoms with Crippen LogP contribution < -0.4 is 4.90 Å². The molecule has 0 amide bonds. The molecule has 0 radical (unpaired) electrons. The van der Waals surface area contributed by atoms with Crippen molar-refractivity contribution in [2.45, 2.75) is 13.5 Å². The summed E-state index contributed by atoms with van der Waals surface area (Å²) >= 11 is 0. The fraction of sp³-hybridized carbons (Fsp3) is 0.250. The minimum absolute atomic E-state index is 0.00320. The number of aromatic carboxylic acids is 1. The molecule has 0 aliphatic carbocycles. The maximum atomic E-state index is 10.9. The number of aryl methyl sites for hydroxylation is 1. The van der Waals surface area contributed by atoms with E-state index in [9.17, 15) is 4.79 Å². The monoisotopic (exact) mass is 247 g/mol. The van der Waals surface area contributed by atoms with Gasteiger partial charge in [0.25, 0.3) is 0 Å². The number of hydrogen-bond acceptors (Lipinski definition) is 5. The molecule has 0 atom stereocenters. The number of carbonyl (C=O) groups is 1. The Bertz CT molecular complexity index is 552. The number of nitrogens with zero attached hydrogens (tertiary/aromatic N) is 3. The molecule has 0 fully saturated rings. The largest absolute Gasteiger partial charge is 0.477 e. The molecule has 2 aromatic rings. The Morgan fingerprint density at radius 1 is 1.50 bits per heavy atom. The fourth-order valence-electron chi connectivity index (χ4n) is 1.56. The third-order valence-corrected chi connectivity index (χ3v) is 2.40. The molecule has 18 heavy (non-hydrogen) atoms. The standard InChI is InChI=1S/C12H13N3O3/c1-8-5-10(11(16)17)14-12(13-8)15(2)6-9-3-4-18-7-9/h3-5,7H,6H2,1-2H3,(H,16,17). The first-order chi connectivity index (χ1) is 8.56. The Balaban J connectivity index is 2.24. The second kappa shape index (κ2) is 4.87. The normalized spacial score (nSPS) is 10.3. The van der Waals surface area contributed by atoms with Crippen LogP contribution in [-0.2, 0) is 6.54 Å². The van der Waals surface area contributed by atoms with Crippen molar-refractivity contribution in [2.24, 2.45) is 0 Å². The molecular weight excluding hydrogens is 234 g/mol. The van der Waals surface area contributed by atoms with Crippen molar-refractivity contribution in [3.63, 3.8) is 0 Å². The van der Waals surface area contributed by atoms with Crippen molar-refractivity contribution < 1.29 is 14.3 Å². The molecular formula is C12H13N3O3. The molecule has 2 heterocycles. The number of aromatic nitrogens is 2. The second-order valence-corrected chi connectivity index (χ2v) is 3.99. The Morgan fingerprint density at radius 3 is 2.89 bits per heavy atom. The van der Waals surface area contributed by atoms with E-state index in [-0.39, 0.29) is 5.69 Å². The van der Waals surface area contributed by atoms with Gasteiger partial charge < -0.3 is 14.4 Å². The minimum Gasteiger partial charge on any atom is -0.477 e. The van der Waals surface area contributed by atoms with Crippen LogP contribution in [0.2, 0.25) is 0 Å². The van der Waals surface area contributed by atoms with E-state index >= 15 is 0 Å². The van der Waals surface area contributed by atoms with Gasteiger partial charge in [-0.2, -0.15) is 0 Å². The van der Waals surface area contributed by atoms with Crippen molar-refractivity contribution in [3.05, 3.63) is 41.6 Å². The van der Waals surface area contributed by atoms with Gasteiger partial charge in [0, 0.05) is 24.8 Å². The summed E-state index contributed by atoms with van der Waals surface area (Å²) in [7, 11) is 1.80. The lowest BCUT2D eigenvalue weighted by Crippen LogP contribution is -2.20. The molecule has 1 N–H and O–H groups in total. The van der Waals surface area contributed by atoms with Crippen molar-refractivity contribution in [1.82, 2.24) is 9.97 Å². The average Bonchev–Trinajstić information content (AvgIpc) is 2.80. The summed E-state index contributed by atoms with van der Waals surface area (Å²) in [6.07, 6.45) is 3.22. The van der Waals surface area contributed by atoms with Crippen LogP contribution >= 0.6 is 0 Å². The van der Waals surface area contributed by atoms with Gasteiger partial charge in [0.05, 0.1) is 12.5 Å². The van der Waals surface area contributed by atoms with E-state index in [1.54, 1.807) is 31.4 Å². The van der Waals surface area contributed by atoms with Gasteiger partial charge in [-0.15, -0.1) is 0 Å². The SMILES string of the molecule is Cc1cc(C(=O)O)nc(N(C)Cc2ccoc2)n1. The molecule has 0 saturated carbocycles. The van der Waals surface area contributed by atoms with E-state index in [0.717, 1.165) is 5.56 Å². The van der Waals surface area contributed by atoms with E-state index in [1.165, 1.54) is 6.07 Å². The van der Waals surface area contributed by atoms with Gasteiger partial charge >= 0.3 is 5.97 Å². The molecule has 0 aromatic carbocycles. The lowest BCUT2D eigenvalue weighted by molar-refractivity contribution is 0.0690. The summed E-state index contributed by atoms with van der Waals surface area (Å²) in [6, 6.07) is 3.28. The van der Waals surface area contributed by atoms with E-state index < -0.39 is 5.97 Å². The van der Waals surface area contributed by atoms with E-state index in [0.29, 0.717) is 18.2 Å². The first-order valence-corrected chi connectivity index (χ1v) is 5.37. The average molecular weight is 247 g/mol. The van der Waals surface area contributed by atoms with Crippen LogP contribution in [0.5, 0.6) is 0 Å². The quantitative estimate of drug-likeness (QED) is 0.886. The molecule has 0 aliphatic rings. The van der Waals surface area contributed by atoms with Gasteiger partial charge in [0.2, 0.25) is 5.95 Å². The second-order valence-electron chi connectivity index (χ2n) is 3.99. The van der Waals surface area contributed by atoms with Gasteiger partial charge in [-0.3, -0.25) is 0 Å². The zero-order valence-electron chi connectivity index (χ0n) is 10.1. The topological polar surface area (TPSA) is 79.5 Å². The van der Waals surface area contributed by atoms with Gasteiger partial charge in [0.1, 0.15) is 0 Å². The van der Waals surface area contributed by atoms with Crippen molar-refractivity contribution in [2.75, 3.05) is 11.9 Å². The van der Waals surface area contributed by atoms with Gasteiger partial charge in [0.15, 0.2) is 5.69 Å². The maximum Gasteiger partial charge on any atom is 0.354 e. The molecule has 2 rings (SSSR count). The predicted octanol–water partition coefficient (Wildman–Crippen LogP) is 1.71. The van der Waals surface area contributed by atoms with Crippen LogP contribution in [0, 0.1) is 6.92 Å². The molecule has 2 aromatic heterocycles. The predicted molar refractivity (Wildman–Crippen MR) is 64.5 cm³/mol. The summed E-state index contributed by atoms with van der Waals surface area (Å²) in [6.45, 7) is 2.29. The molecule has 0 saturated heterocycles. The number of carboxylic acid groups (broad SMARTS) is 1. The number of anilines is 1. The molecule has 0 unspecified atom stereocenters. The van der Waals surface area contributed by atoms with Crippen molar-refractivity contribution >= 4 is 11.9 Å². The Labute approximate surface area is 104 Å². The fourth-order valence-corrected chi connectivity index (χ4v) is 1.56. The number of rotatable bonds is 4. The highest BCUT2D eigenvalue weighted by atomic mass is 16.4. The smallest absolute Gasteiger partial charge is 0.354 e. The molecule has 0 aliphatic heterocycles.